The van der Waals surface area contributed by atoms with E-state index in [9.17, 15) is 0 Å². The monoisotopic (exact) mass is 237 g/mol. The third kappa shape index (κ3) is 3.13. The fourth-order valence-corrected chi connectivity index (χ4v) is 2.10. The Morgan fingerprint density at radius 2 is 1.65 bits per heavy atom. The van der Waals surface area contributed by atoms with Gasteiger partial charge in [-0.3, -0.25) is 0 Å². The van der Waals surface area contributed by atoms with Gasteiger partial charge in [-0.05, 0) is 50.8 Å². The predicted octanol–water partition coefficient (Wildman–Crippen LogP) is 2.60. The van der Waals surface area contributed by atoms with Crippen LogP contribution < -0.4 is 15.2 Å². The Hall–Kier alpha value is -1.22. The molecule has 0 saturated heterocycles. The Bertz CT molecular complexity index is 406. The summed E-state index contributed by atoms with van der Waals surface area (Å²) >= 11 is 0. The SMILES string of the molecule is COc1c(C)cc(CC(C)(C)N)c(C)c1OC. The van der Waals surface area contributed by atoms with Crippen LogP contribution in [-0.2, 0) is 6.42 Å². The topological polar surface area (TPSA) is 44.5 Å². The average Bonchev–Trinajstić information content (AvgIpc) is 2.20. The quantitative estimate of drug-likeness (QED) is 0.875. The molecule has 0 amide bonds. The molecule has 0 aromatic heterocycles. The van der Waals surface area contributed by atoms with Crippen LogP contribution in [0.3, 0.4) is 0 Å². The van der Waals surface area contributed by atoms with Gasteiger partial charge in [0.1, 0.15) is 0 Å². The summed E-state index contributed by atoms with van der Waals surface area (Å²) in [7, 11) is 3.33. The lowest BCUT2D eigenvalue weighted by Gasteiger charge is -2.22. The standard InChI is InChI=1S/C14H23NO2/c1-9-7-11(8-14(3,4)15)10(2)13(17-6)12(9)16-5/h7H,8,15H2,1-6H3. The van der Waals surface area contributed by atoms with Crippen molar-refractivity contribution in [1.82, 2.24) is 0 Å². The van der Waals surface area contributed by atoms with Crippen molar-refractivity contribution >= 4 is 0 Å². The molecule has 3 nitrogen and oxygen atoms in total. The number of hydrogen-bond donors (Lipinski definition) is 1. The van der Waals surface area contributed by atoms with Gasteiger partial charge >= 0.3 is 0 Å². The maximum Gasteiger partial charge on any atom is 0.164 e. The van der Waals surface area contributed by atoms with Crippen molar-refractivity contribution in [3.63, 3.8) is 0 Å². The molecule has 3 heteroatoms. The van der Waals surface area contributed by atoms with Gasteiger partial charge in [0.25, 0.3) is 0 Å². The first-order chi connectivity index (χ1) is 7.80. The first-order valence-corrected chi connectivity index (χ1v) is 5.80. The van der Waals surface area contributed by atoms with E-state index in [1.54, 1.807) is 14.2 Å². The van der Waals surface area contributed by atoms with Gasteiger partial charge in [-0.25, -0.2) is 0 Å². The van der Waals surface area contributed by atoms with E-state index in [0.29, 0.717) is 0 Å². The molecular formula is C14H23NO2. The summed E-state index contributed by atoms with van der Waals surface area (Å²) in [5.41, 5.74) is 9.25. The number of nitrogens with two attached hydrogens (primary N) is 1. The van der Waals surface area contributed by atoms with E-state index < -0.39 is 0 Å². The molecule has 0 heterocycles. The molecule has 0 aliphatic carbocycles. The van der Waals surface area contributed by atoms with E-state index >= 15 is 0 Å². The van der Waals surface area contributed by atoms with Crippen molar-refractivity contribution in [2.75, 3.05) is 14.2 Å². The Balaban J connectivity index is 3.30. The summed E-state index contributed by atoms with van der Waals surface area (Å²) in [6.45, 7) is 8.12. The number of aryl methyl sites for hydroxylation is 1. The van der Waals surface area contributed by atoms with Gasteiger partial charge in [0.2, 0.25) is 0 Å². The van der Waals surface area contributed by atoms with Crippen LogP contribution >= 0.6 is 0 Å². The van der Waals surface area contributed by atoms with Gasteiger partial charge in [0.05, 0.1) is 14.2 Å². The second-order valence-corrected chi connectivity index (χ2v) is 5.21. The Kier molecular flexibility index (Phi) is 4.04. The Labute approximate surface area is 104 Å². The first kappa shape index (κ1) is 13.8. The zero-order chi connectivity index (χ0) is 13.2. The Morgan fingerprint density at radius 1 is 1.12 bits per heavy atom. The van der Waals surface area contributed by atoms with Crippen molar-refractivity contribution in [2.24, 2.45) is 5.73 Å². The van der Waals surface area contributed by atoms with E-state index in [1.165, 1.54) is 5.56 Å². The fraction of sp³-hybridized carbons (Fsp3) is 0.571. The number of ether oxygens (including phenoxy) is 2. The first-order valence-electron chi connectivity index (χ1n) is 5.80. The maximum absolute atomic E-state index is 6.08. The van der Waals surface area contributed by atoms with E-state index in [1.807, 2.05) is 27.7 Å². The van der Waals surface area contributed by atoms with Crippen molar-refractivity contribution in [2.45, 2.75) is 39.7 Å². The van der Waals surface area contributed by atoms with Crippen LogP contribution in [0.4, 0.5) is 0 Å². The minimum Gasteiger partial charge on any atom is -0.493 e. The highest BCUT2D eigenvalue weighted by molar-refractivity contribution is 5.55. The molecule has 17 heavy (non-hydrogen) atoms. The van der Waals surface area contributed by atoms with Gasteiger partial charge in [-0.1, -0.05) is 6.07 Å². The molecule has 0 bridgehead atoms. The van der Waals surface area contributed by atoms with Gasteiger partial charge in [0.15, 0.2) is 11.5 Å². The van der Waals surface area contributed by atoms with Crippen molar-refractivity contribution in [3.8, 4) is 11.5 Å². The van der Waals surface area contributed by atoms with Crippen LogP contribution in [0.1, 0.15) is 30.5 Å². The van der Waals surface area contributed by atoms with Crippen molar-refractivity contribution in [3.05, 3.63) is 22.8 Å². The molecule has 0 fully saturated rings. The molecule has 0 saturated carbocycles. The van der Waals surface area contributed by atoms with Crippen molar-refractivity contribution < 1.29 is 9.47 Å². The summed E-state index contributed by atoms with van der Waals surface area (Å²) in [5, 5.41) is 0. The predicted molar refractivity (Wildman–Crippen MR) is 71.0 cm³/mol. The second-order valence-electron chi connectivity index (χ2n) is 5.21. The molecule has 96 valence electrons. The van der Waals surface area contributed by atoms with Gasteiger partial charge in [-0.2, -0.15) is 0 Å². The molecule has 0 radical (unpaired) electrons. The van der Waals surface area contributed by atoms with Crippen LogP contribution in [0.5, 0.6) is 11.5 Å². The number of methoxy groups -OCH3 is 2. The molecular weight excluding hydrogens is 214 g/mol. The molecule has 0 unspecified atom stereocenters. The number of benzene rings is 1. The molecule has 1 aromatic carbocycles. The zero-order valence-electron chi connectivity index (χ0n) is 11.7. The van der Waals surface area contributed by atoms with Crippen LogP contribution in [0.25, 0.3) is 0 Å². The van der Waals surface area contributed by atoms with Crippen molar-refractivity contribution in [1.29, 1.82) is 0 Å². The van der Waals surface area contributed by atoms with E-state index in [4.69, 9.17) is 15.2 Å². The van der Waals surface area contributed by atoms with E-state index in [2.05, 4.69) is 6.07 Å². The van der Waals surface area contributed by atoms with Crippen LogP contribution in [-0.4, -0.2) is 19.8 Å². The van der Waals surface area contributed by atoms with Gasteiger partial charge < -0.3 is 15.2 Å². The lowest BCUT2D eigenvalue weighted by atomic mass is 9.91. The molecule has 2 N–H and O–H groups in total. The minimum absolute atomic E-state index is 0.225. The summed E-state index contributed by atoms with van der Waals surface area (Å²) in [6.07, 6.45) is 0.819. The van der Waals surface area contributed by atoms with E-state index in [0.717, 1.165) is 29.0 Å². The lowest BCUT2D eigenvalue weighted by molar-refractivity contribution is 0.350. The number of rotatable bonds is 4. The van der Waals surface area contributed by atoms with Gasteiger partial charge in [0, 0.05) is 5.54 Å². The Morgan fingerprint density at radius 3 is 2.06 bits per heavy atom. The summed E-state index contributed by atoms with van der Waals surface area (Å²) in [4.78, 5) is 0. The van der Waals surface area contributed by atoms with E-state index in [-0.39, 0.29) is 5.54 Å². The normalized spacial score (nSPS) is 11.5. The molecule has 0 atom stereocenters. The summed E-state index contributed by atoms with van der Waals surface area (Å²) < 4.78 is 10.8. The molecule has 0 spiro atoms. The third-order valence-electron chi connectivity index (χ3n) is 2.83. The third-order valence-corrected chi connectivity index (χ3v) is 2.83. The smallest absolute Gasteiger partial charge is 0.164 e. The van der Waals surface area contributed by atoms with Crippen LogP contribution in [0, 0.1) is 13.8 Å². The van der Waals surface area contributed by atoms with Crippen LogP contribution in [0.15, 0.2) is 6.07 Å². The molecule has 1 aromatic rings. The molecule has 0 aliphatic heterocycles. The van der Waals surface area contributed by atoms with Gasteiger partial charge in [-0.15, -0.1) is 0 Å². The fourth-order valence-electron chi connectivity index (χ4n) is 2.10. The molecule has 1 rings (SSSR count). The highest BCUT2D eigenvalue weighted by Crippen LogP contribution is 2.37. The highest BCUT2D eigenvalue weighted by atomic mass is 16.5. The largest absolute Gasteiger partial charge is 0.493 e. The zero-order valence-corrected chi connectivity index (χ0v) is 11.7. The maximum atomic E-state index is 6.08. The highest BCUT2D eigenvalue weighted by Gasteiger charge is 2.19. The minimum atomic E-state index is -0.225. The molecule has 0 aliphatic rings. The number of hydrogen-bond acceptors (Lipinski definition) is 3. The lowest BCUT2D eigenvalue weighted by Crippen LogP contribution is -2.34. The second kappa shape index (κ2) is 4.96. The summed E-state index contributed by atoms with van der Waals surface area (Å²) in [6, 6.07) is 2.13. The summed E-state index contributed by atoms with van der Waals surface area (Å²) in [5.74, 6) is 1.62. The van der Waals surface area contributed by atoms with Crippen LogP contribution in [0.2, 0.25) is 0 Å². The average molecular weight is 237 g/mol.